The van der Waals surface area contributed by atoms with Crippen LogP contribution in [0.5, 0.6) is 0 Å². The highest BCUT2D eigenvalue weighted by atomic mass is 32.2. The molecule has 1 aromatic rings. The van der Waals surface area contributed by atoms with Gasteiger partial charge in [-0.05, 0) is 24.5 Å². The zero-order chi connectivity index (χ0) is 18.9. The summed E-state index contributed by atoms with van der Waals surface area (Å²) in [6, 6.07) is 8.89. The van der Waals surface area contributed by atoms with Gasteiger partial charge >= 0.3 is 0 Å². The molecule has 1 N–H and O–H groups in total. The quantitative estimate of drug-likeness (QED) is 0.597. The molecule has 6 heteroatoms. The van der Waals surface area contributed by atoms with E-state index in [2.05, 4.69) is 65.0 Å². The van der Waals surface area contributed by atoms with E-state index in [-0.39, 0.29) is 0 Å². The van der Waals surface area contributed by atoms with Crippen molar-refractivity contribution in [2.75, 3.05) is 51.7 Å². The first-order valence-electron chi connectivity index (χ1n) is 10.3. The maximum atomic E-state index is 5.45. The van der Waals surface area contributed by atoms with Crippen LogP contribution in [-0.2, 0) is 17.8 Å². The van der Waals surface area contributed by atoms with E-state index in [9.17, 15) is 0 Å². The third-order valence-corrected chi connectivity index (χ3v) is 6.51. The minimum atomic E-state index is 0.722. The number of hydrogen-bond acceptors (Lipinski definition) is 4. The van der Waals surface area contributed by atoms with Crippen LogP contribution in [0, 0.1) is 0 Å². The number of aliphatic imine (C=N–C) groups is 1. The van der Waals surface area contributed by atoms with Gasteiger partial charge in [-0.15, -0.1) is 0 Å². The molecule has 2 aliphatic rings. The lowest BCUT2D eigenvalue weighted by Gasteiger charge is -2.34. The summed E-state index contributed by atoms with van der Waals surface area (Å²) in [4.78, 5) is 9.85. The summed E-state index contributed by atoms with van der Waals surface area (Å²) < 4.78 is 5.45. The van der Waals surface area contributed by atoms with E-state index in [1.54, 1.807) is 0 Å². The normalized spacial score (nSPS) is 22.1. The van der Waals surface area contributed by atoms with E-state index in [1.165, 1.54) is 23.3 Å². The maximum absolute atomic E-state index is 5.45. The number of ether oxygens (including phenoxy) is 1. The molecule has 5 nitrogen and oxygen atoms in total. The van der Waals surface area contributed by atoms with E-state index < -0.39 is 0 Å². The number of nitrogens with one attached hydrogen (secondary N) is 1. The third kappa shape index (κ3) is 6.40. The predicted molar refractivity (Wildman–Crippen MR) is 115 cm³/mol. The number of thioether (sulfide) groups is 1. The molecule has 3 rings (SSSR count). The highest BCUT2D eigenvalue weighted by molar-refractivity contribution is 8.00. The first kappa shape index (κ1) is 20.5. The highest BCUT2D eigenvalue weighted by Crippen LogP contribution is 2.21. The molecular formula is C21H34N4OS. The van der Waals surface area contributed by atoms with Crippen LogP contribution in [0.25, 0.3) is 0 Å². The second-order valence-electron chi connectivity index (χ2n) is 7.23. The van der Waals surface area contributed by atoms with Crippen LogP contribution in [-0.4, -0.2) is 72.7 Å². The first-order valence-corrected chi connectivity index (χ1v) is 11.4. The molecule has 150 valence electrons. The lowest BCUT2D eigenvalue weighted by molar-refractivity contribution is 0.0342. The SMILES string of the molecule is CCNC(=NCc1cccc(CN2CCOCC2)c1)N1CCSC(CC)C1. The van der Waals surface area contributed by atoms with Crippen molar-refractivity contribution in [1.82, 2.24) is 15.1 Å². The molecule has 2 heterocycles. The van der Waals surface area contributed by atoms with Crippen LogP contribution in [0.1, 0.15) is 31.4 Å². The fraction of sp³-hybridized carbons (Fsp3) is 0.667. The Balaban J connectivity index is 1.62. The average molecular weight is 391 g/mol. The van der Waals surface area contributed by atoms with Gasteiger partial charge in [0.1, 0.15) is 0 Å². The second-order valence-corrected chi connectivity index (χ2v) is 8.63. The molecule has 27 heavy (non-hydrogen) atoms. The van der Waals surface area contributed by atoms with Gasteiger partial charge in [-0.3, -0.25) is 4.90 Å². The summed E-state index contributed by atoms with van der Waals surface area (Å²) in [5.41, 5.74) is 2.66. The van der Waals surface area contributed by atoms with Crippen molar-refractivity contribution in [1.29, 1.82) is 0 Å². The molecule has 0 bridgehead atoms. The Morgan fingerprint density at radius 3 is 2.81 bits per heavy atom. The largest absolute Gasteiger partial charge is 0.379 e. The van der Waals surface area contributed by atoms with Gasteiger partial charge in [0.15, 0.2) is 5.96 Å². The van der Waals surface area contributed by atoms with Gasteiger partial charge in [0, 0.05) is 50.3 Å². The maximum Gasteiger partial charge on any atom is 0.194 e. The first-order chi connectivity index (χ1) is 13.3. The molecule has 2 fully saturated rings. The van der Waals surface area contributed by atoms with Gasteiger partial charge in [-0.1, -0.05) is 31.2 Å². The van der Waals surface area contributed by atoms with Crippen LogP contribution in [0.2, 0.25) is 0 Å². The van der Waals surface area contributed by atoms with E-state index in [1.807, 2.05) is 0 Å². The molecule has 1 atom stereocenters. The minimum Gasteiger partial charge on any atom is -0.379 e. The van der Waals surface area contributed by atoms with Crippen molar-refractivity contribution >= 4 is 17.7 Å². The van der Waals surface area contributed by atoms with Crippen LogP contribution in [0.3, 0.4) is 0 Å². The average Bonchev–Trinajstić information content (AvgIpc) is 2.72. The molecule has 0 aliphatic carbocycles. The van der Waals surface area contributed by atoms with Crippen molar-refractivity contribution in [3.63, 3.8) is 0 Å². The van der Waals surface area contributed by atoms with E-state index in [0.29, 0.717) is 0 Å². The van der Waals surface area contributed by atoms with Crippen LogP contribution in [0.4, 0.5) is 0 Å². The van der Waals surface area contributed by atoms with Crippen molar-refractivity contribution in [2.45, 2.75) is 38.6 Å². The summed E-state index contributed by atoms with van der Waals surface area (Å²) >= 11 is 2.10. The van der Waals surface area contributed by atoms with Gasteiger partial charge in [0.2, 0.25) is 0 Å². The van der Waals surface area contributed by atoms with E-state index >= 15 is 0 Å². The second kappa shape index (κ2) is 10.9. The van der Waals surface area contributed by atoms with Gasteiger partial charge < -0.3 is 15.0 Å². The summed E-state index contributed by atoms with van der Waals surface area (Å²) in [5, 5.41) is 4.21. The molecule has 1 unspecified atom stereocenters. The summed E-state index contributed by atoms with van der Waals surface area (Å²) in [6.07, 6.45) is 1.23. The van der Waals surface area contributed by atoms with Crippen LogP contribution in [0.15, 0.2) is 29.3 Å². The number of hydrogen-bond donors (Lipinski definition) is 1. The third-order valence-electron chi connectivity index (χ3n) is 5.14. The number of morpholine rings is 1. The fourth-order valence-electron chi connectivity index (χ4n) is 3.59. The minimum absolute atomic E-state index is 0.722. The van der Waals surface area contributed by atoms with E-state index in [4.69, 9.17) is 9.73 Å². The summed E-state index contributed by atoms with van der Waals surface area (Å²) in [5.74, 6) is 2.26. The zero-order valence-corrected chi connectivity index (χ0v) is 17.6. The Labute approximate surface area is 168 Å². The topological polar surface area (TPSA) is 40.1 Å². The predicted octanol–water partition coefficient (Wildman–Crippen LogP) is 2.81. The van der Waals surface area contributed by atoms with Crippen molar-refractivity contribution < 1.29 is 4.74 Å². The van der Waals surface area contributed by atoms with Gasteiger partial charge in [-0.2, -0.15) is 11.8 Å². The van der Waals surface area contributed by atoms with Crippen LogP contribution < -0.4 is 5.32 Å². The number of benzene rings is 1. The number of rotatable bonds is 6. The zero-order valence-electron chi connectivity index (χ0n) is 16.8. The van der Waals surface area contributed by atoms with Crippen molar-refractivity contribution in [3.05, 3.63) is 35.4 Å². The standard InChI is InChI=1S/C21H34N4OS/c1-3-20-17-25(10-13-27-20)21(22-4-2)23-15-18-6-5-7-19(14-18)16-24-8-11-26-12-9-24/h5-7,14,20H,3-4,8-13,15-17H2,1-2H3,(H,22,23). The van der Waals surface area contributed by atoms with E-state index in [0.717, 1.165) is 70.2 Å². The van der Waals surface area contributed by atoms with Gasteiger partial charge in [-0.25, -0.2) is 4.99 Å². The number of guanidine groups is 1. The molecular weight excluding hydrogens is 356 g/mol. The molecule has 2 saturated heterocycles. The Hall–Kier alpha value is -1.24. The number of nitrogens with zero attached hydrogens (tertiary/aromatic N) is 3. The Kier molecular flexibility index (Phi) is 8.30. The molecule has 0 amide bonds. The molecule has 0 radical (unpaired) electrons. The smallest absolute Gasteiger partial charge is 0.194 e. The molecule has 0 aromatic heterocycles. The summed E-state index contributed by atoms with van der Waals surface area (Å²) in [6.45, 7) is 13.0. The highest BCUT2D eigenvalue weighted by Gasteiger charge is 2.21. The lowest BCUT2D eigenvalue weighted by atomic mass is 10.1. The van der Waals surface area contributed by atoms with Crippen molar-refractivity contribution in [3.8, 4) is 0 Å². The molecule has 0 spiro atoms. The van der Waals surface area contributed by atoms with Gasteiger partial charge in [0.05, 0.1) is 19.8 Å². The molecule has 0 saturated carbocycles. The van der Waals surface area contributed by atoms with Gasteiger partial charge in [0.25, 0.3) is 0 Å². The fourth-order valence-corrected chi connectivity index (χ4v) is 4.77. The molecule has 2 aliphatic heterocycles. The Morgan fingerprint density at radius 2 is 2.04 bits per heavy atom. The summed E-state index contributed by atoms with van der Waals surface area (Å²) in [7, 11) is 0. The Morgan fingerprint density at radius 1 is 1.22 bits per heavy atom. The Bertz CT molecular complexity index is 604. The van der Waals surface area contributed by atoms with Crippen LogP contribution >= 0.6 is 11.8 Å². The molecule has 1 aromatic carbocycles. The monoisotopic (exact) mass is 390 g/mol. The lowest BCUT2D eigenvalue weighted by Crippen LogP contribution is -2.48. The van der Waals surface area contributed by atoms with Crippen molar-refractivity contribution in [2.24, 2.45) is 4.99 Å².